The number of H-pyrrole nitrogens is 1. The van der Waals surface area contributed by atoms with E-state index in [2.05, 4.69) is 20.8 Å². The number of nitrogens with zero attached hydrogens (tertiary/aromatic N) is 1. The summed E-state index contributed by atoms with van der Waals surface area (Å²) in [6, 6.07) is 4.80. The van der Waals surface area contributed by atoms with Crippen LogP contribution in [0.4, 0.5) is 0 Å². The predicted molar refractivity (Wildman–Crippen MR) is 65.0 cm³/mol. The summed E-state index contributed by atoms with van der Waals surface area (Å²) in [5.74, 6) is 0.563. The lowest BCUT2D eigenvalue weighted by atomic mass is 10.1. The van der Waals surface area contributed by atoms with Crippen LogP contribution in [-0.2, 0) is 4.79 Å². The molecule has 0 fully saturated rings. The number of amides is 1. The van der Waals surface area contributed by atoms with Gasteiger partial charge in [0, 0.05) is 7.05 Å². The Bertz CT molecular complexity index is 548. The number of rotatable bonds is 3. The van der Waals surface area contributed by atoms with E-state index in [1.807, 2.05) is 25.1 Å². The van der Waals surface area contributed by atoms with Crippen molar-refractivity contribution in [1.29, 1.82) is 0 Å². The normalized spacial score (nSPS) is 12.6. The Balaban J connectivity index is 2.32. The summed E-state index contributed by atoms with van der Waals surface area (Å²) in [7, 11) is 1.62. The molecule has 1 heterocycles. The van der Waals surface area contributed by atoms with E-state index in [0.29, 0.717) is 0 Å². The fraction of sp³-hybridized carbons (Fsp3) is 0.273. The molecule has 1 aromatic heterocycles. The summed E-state index contributed by atoms with van der Waals surface area (Å²) in [4.78, 5) is 19.0. The number of hydrogen-bond donors (Lipinski definition) is 4. The highest BCUT2D eigenvalue weighted by Gasteiger charge is 2.15. The highest BCUT2D eigenvalue weighted by Crippen LogP contribution is 2.17. The van der Waals surface area contributed by atoms with E-state index in [-0.39, 0.29) is 5.91 Å². The maximum atomic E-state index is 11.6. The number of aromatic nitrogens is 2. The van der Waals surface area contributed by atoms with Gasteiger partial charge in [0.05, 0.1) is 11.0 Å². The van der Waals surface area contributed by atoms with Gasteiger partial charge < -0.3 is 10.7 Å². The fourth-order valence-electron chi connectivity index (χ4n) is 1.70. The molecule has 2 rings (SSSR count). The maximum absolute atomic E-state index is 11.6. The number of nitrogens with one attached hydrogen (secondary N) is 3. The van der Waals surface area contributed by atoms with Gasteiger partial charge in [-0.25, -0.2) is 10.4 Å². The Morgan fingerprint density at radius 1 is 1.53 bits per heavy atom. The average Bonchev–Trinajstić information content (AvgIpc) is 2.67. The lowest BCUT2D eigenvalue weighted by Crippen LogP contribution is -2.40. The molecule has 90 valence electrons. The first kappa shape index (κ1) is 11.6. The van der Waals surface area contributed by atoms with Gasteiger partial charge >= 0.3 is 0 Å². The van der Waals surface area contributed by atoms with Crippen molar-refractivity contribution < 1.29 is 4.79 Å². The highest BCUT2D eigenvalue weighted by molar-refractivity contribution is 5.84. The van der Waals surface area contributed by atoms with Gasteiger partial charge in [0.25, 0.3) is 5.91 Å². The topological polar surface area (TPSA) is 95.8 Å². The van der Waals surface area contributed by atoms with Crippen LogP contribution in [0.1, 0.15) is 17.4 Å². The van der Waals surface area contributed by atoms with Crippen molar-refractivity contribution in [2.75, 3.05) is 7.05 Å². The lowest BCUT2D eigenvalue weighted by Gasteiger charge is -2.11. The number of fused-ring (bicyclic) bond motifs is 1. The molecule has 0 spiro atoms. The minimum Gasteiger partial charge on any atom is -0.342 e. The van der Waals surface area contributed by atoms with Gasteiger partial charge in [-0.1, -0.05) is 6.07 Å². The van der Waals surface area contributed by atoms with E-state index in [1.165, 1.54) is 0 Å². The van der Waals surface area contributed by atoms with E-state index >= 15 is 0 Å². The van der Waals surface area contributed by atoms with Crippen LogP contribution >= 0.6 is 0 Å². The quantitative estimate of drug-likeness (QED) is 0.566. The van der Waals surface area contributed by atoms with Gasteiger partial charge in [-0.3, -0.25) is 10.2 Å². The second-order valence-corrected chi connectivity index (χ2v) is 3.82. The summed E-state index contributed by atoms with van der Waals surface area (Å²) in [5.41, 5.74) is 13.3. The molecule has 2 aromatic rings. The van der Waals surface area contributed by atoms with Gasteiger partial charge in [-0.05, 0) is 24.6 Å². The molecule has 0 saturated carbocycles. The van der Waals surface area contributed by atoms with Gasteiger partial charge in [-0.2, -0.15) is 0 Å². The van der Waals surface area contributed by atoms with Crippen molar-refractivity contribution in [2.45, 2.75) is 13.0 Å². The van der Waals surface area contributed by atoms with Gasteiger partial charge in [-0.15, -0.1) is 0 Å². The zero-order chi connectivity index (χ0) is 12.4. The standard InChI is InChI=1S/C11H15N5O/c1-6-14-8-4-3-7(5-9(8)15-6)10(12)11(17)16-13-2/h3-5,10,13H,12H2,1-2H3,(H,14,15)(H,16,17). The molecule has 17 heavy (non-hydrogen) atoms. The van der Waals surface area contributed by atoms with Crippen LogP contribution in [0, 0.1) is 6.92 Å². The van der Waals surface area contributed by atoms with Crippen molar-refractivity contribution >= 4 is 16.9 Å². The molecule has 5 N–H and O–H groups in total. The molecular formula is C11H15N5O. The largest absolute Gasteiger partial charge is 0.342 e. The average molecular weight is 233 g/mol. The molecule has 0 saturated heterocycles. The summed E-state index contributed by atoms with van der Waals surface area (Å²) in [6.45, 7) is 1.88. The molecule has 1 amide bonds. The first-order chi connectivity index (χ1) is 8.11. The Labute approximate surface area is 98.6 Å². The van der Waals surface area contributed by atoms with Crippen LogP contribution in [0.5, 0.6) is 0 Å². The van der Waals surface area contributed by atoms with Crippen molar-refractivity contribution in [2.24, 2.45) is 5.73 Å². The van der Waals surface area contributed by atoms with Crippen LogP contribution in [0.25, 0.3) is 11.0 Å². The molecule has 0 aliphatic heterocycles. The lowest BCUT2D eigenvalue weighted by molar-refractivity contribution is -0.123. The molecule has 0 radical (unpaired) electrons. The number of carbonyl (C=O) groups excluding carboxylic acids is 1. The zero-order valence-corrected chi connectivity index (χ0v) is 9.74. The minimum absolute atomic E-state index is 0.275. The fourth-order valence-corrected chi connectivity index (χ4v) is 1.70. The first-order valence-electron chi connectivity index (χ1n) is 5.30. The van der Waals surface area contributed by atoms with Crippen molar-refractivity contribution in [3.8, 4) is 0 Å². The molecule has 1 unspecified atom stereocenters. The number of hydrogen-bond acceptors (Lipinski definition) is 4. The third kappa shape index (κ3) is 2.27. The van der Waals surface area contributed by atoms with Crippen molar-refractivity contribution in [3.05, 3.63) is 29.6 Å². The van der Waals surface area contributed by atoms with Gasteiger partial charge in [0.2, 0.25) is 0 Å². The molecule has 0 bridgehead atoms. The molecule has 6 heteroatoms. The number of carbonyl (C=O) groups is 1. The van der Waals surface area contributed by atoms with Crippen LogP contribution in [-0.4, -0.2) is 22.9 Å². The van der Waals surface area contributed by atoms with Gasteiger partial charge in [0.15, 0.2) is 0 Å². The van der Waals surface area contributed by atoms with Crippen LogP contribution in [0.15, 0.2) is 18.2 Å². The van der Waals surface area contributed by atoms with E-state index in [4.69, 9.17) is 5.73 Å². The number of aryl methyl sites for hydroxylation is 1. The molecule has 0 aliphatic rings. The van der Waals surface area contributed by atoms with E-state index in [0.717, 1.165) is 22.4 Å². The monoisotopic (exact) mass is 233 g/mol. The molecule has 0 aliphatic carbocycles. The number of aromatic amines is 1. The smallest absolute Gasteiger partial charge is 0.255 e. The van der Waals surface area contributed by atoms with Gasteiger partial charge in [0.1, 0.15) is 11.9 Å². The first-order valence-corrected chi connectivity index (χ1v) is 5.30. The third-order valence-corrected chi connectivity index (χ3v) is 2.51. The van der Waals surface area contributed by atoms with Crippen LogP contribution < -0.4 is 16.6 Å². The van der Waals surface area contributed by atoms with E-state index < -0.39 is 6.04 Å². The number of imidazole rings is 1. The number of benzene rings is 1. The van der Waals surface area contributed by atoms with Crippen molar-refractivity contribution in [3.63, 3.8) is 0 Å². The van der Waals surface area contributed by atoms with Crippen LogP contribution in [0.3, 0.4) is 0 Å². The summed E-state index contributed by atoms with van der Waals surface area (Å²) >= 11 is 0. The second-order valence-electron chi connectivity index (χ2n) is 3.82. The third-order valence-electron chi connectivity index (χ3n) is 2.51. The Kier molecular flexibility index (Phi) is 3.08. The zero-order valence-electron chi connectivity index (χ0n) is 9.74. The molecule has 1 atom stereocenters. The number of hydrazine groups is 1. The molecule has 6 nitrogen and oxygen atoms in total. The Morgan fingerprint density at radius 2 is 2.29 bits per heavy atom. The number of nitrogens with two attached hydrogens (primary N) is 1. The summed E-state index contributed by atoms with van der Waals surface area (Å²) < 4.78 is 0. The maximum Gasteiger partial charge on any atom is 0.255 e. The van der Waals surface area contributed by atoms with E-state index in [9.17, 15) is 4.79 Å². The second kappa shape index (κ2) is 4.52. The van der Waals surface area contributed by atoms with Crippen molar-refractivity contribution in [1.82, 2.24) is 20.8 Å². The Hall–Kier alpha value is -1.92. The predicted octanol–water partition coefficient (Wildman–Crippen LogP) is 0.122. The summed E-state index contributed by atoms with van der Waals surface area (Å²) in [6.07, 6.45) is 0. The Morgan fingerprint density at radius 3 is 3.00 bits per heavy atom. The van der Waals surface area contributed by atoms with E-state index in [1.54, 1.807) is 7.05 Å². The highest BCUT2D eigenvalue weighted by atomic mass is 16.2. The van der Waals surface area contributed by atoms with Crippen LogP contribution in [0.2, 0.25) is 0 Å². The summed E-state index contributed by atoms with van der Waals surface area (Å²) in [5, 5.41) is 0. The minimum atomic E-state index is -0.699. The SMILES string of the molecule is CNNC(=O)C(N)c1ccc2nc(C)[nH]c2c1. The molecule has 1 aromatic carbocycles. The molecular weight excluding hydrogens is 218 g/mol.